The fourth-order valence-electron chi connectivity index (χ4n) is 2.67. The highest BCUT2D eigenvalue weighted by molar-refractivity contribution is 6.31. The highest BCUT2D eigenvalue weighted by Gasteiger charge is 2.33. The number of hydrogen-bond acceptors (Lipinski definition) is 4. The second-order valence-corrected chi connectivity index (χ2v) is 6.47. The molecule has 2 aromatic rings. The third-order valence-electron chi connectivity index (χ3n) is 4.10. The maximum atomic E-state index is 12.9. The van der Waals surface area contributed by atoms with Gasteiger partial charge in [0.05, 0.1) is 35.7 Å². The Hall–Kier alpha value is -2.58. The largest absolute Gasteiger partial charge is 0.417 e. The van der Waals surface area contributed by atoms with Gasteiger partial charge in [-0.1, -0.05) is 17.7 Å². The van der Waals surface area contributed by atoms with Crippen LogP contribution in [0.3, 0.4) is 0 Å². The summed E-state index contributed by atoms with van der Waals surface area (Å²) in [6.07, 6.45) is -0.487. The molecular formula is C19H17ClF3N3O2. The zero-order valence-electron chi connectivity index (χ0n) is 14.7. The fourth-order valence-corrected chi connectivity index (χ4v) is 2.90. The first-order valence-electron chi connectivity index (χ1n) is 8.47. The number of carbonyl (C=O) groups is 1. The maximum absolute atomic E-state index is 12.9. The van der Waals surface area contributed by atoms with Crippen molar-refractivity contribution in [2.45, 2.75) is 6.18 Å². The second-order valence-electron chi connectivity index (χ2n) is 6.06. The van der Waals surface area contributed by atoms with Crippen molar-refractivity contribution in [3.63, 3.8) is 0 Å². The van der Waals surface area contributed by atoms with E-state index in [1.54, 1.807) is 12.3 Å². The van der Waals surface area contributed by atoms with Crippen LogP contribution in [0.4, 0.5) is 24.7 Å². The molecule has 1 aliphatic rings. The summed E-state index contributed by atoms with van der Waals surface area (Å²) in [4.78, 5) is 18.3. The Bertz CT molecular complexity index is 864. The molecular weight excluding hydrogens is 395 g/mol. The SMILES string of the molecule is O=C(/C=C/c1ccc(Cl)c(C(F)(F)F)c1)Nc1ccc(N2CCOCC2)cn1. The molecule has 1 aromatic heterocycles. The number of pyridine rings is 1. The summed E-state index contributed by atoms with van der Waals surface area (Å²) in [5.74, 6) is -0.158. The molecule has 1 aromatic carbocycles. The number of hydrogen-bond donors (Lipinski definition) is 1. The molecule has 0 saturated carbocycles. The number of halogens is 4. The van der Waals surface area contributed by atoms with Crippen molar-refractivity contribution in [2.75, 3.05) is 36.5 Å². The average Bonchev–Trinajstić information content (AvgIpc) is 2.68. The summed E-state index contributed by atoms with van der Waals surface area (Å²) in [5.41, 5.74) is 0.192. The van der Waals surface area contributed by atoms with Crippen molar-refractivity contribution in [1.82, 2.24) is 4.98 Å². The number of anilines is 2. The number of nitrogens with zero attached hydrogens (tertiary/aromatic N) is 2. The first-order chi connectivity index (χ1) is 13.3. The first kappa shape index (κ1) is 20.2. The first-order valence-corrected chi connectivity index (χ1v) is 8.85. The molecule has 1 aliphatic heterocycles. The summed E-state index contributed by atoms with van der Waals surface area (Å²) in [6, 6.07) is 6.94. The molecule has 5 nitrogen and oxygen atoms in total. The third-order valence-corrected chi connectivity index (χ3v) is 4.43. The van der Waals surface area contributed by atoms with Gasteiger partial charge in [0.2, 0.25) is 5.91 Å². The van der Waals surface area contributed by atoms with Gasteiger partial charge in [-0.2, -0.15) is 13.2 Å². The lowest BCUT2D eigenvalue weighted by atomic mass is 10.1. The van der Waals surface area contributed by atoms with Crippen LogP contribution in [-0.4, -0.2) is 37.2 Å². The molecule has 0 bridgehead atoms. The van der Waals surface area contributed by atoms with Gasteiger partial charge in [-0.15, -0.1) is 0 Å². The molecule has 1 fully saturated rings. The maximum Gasteiger partial charge on any atom is 0.417 e. The highest BCUT2D eigenvalue weighted by Crippen LogP contribution is 2.35. The third kappa shape index (κ3) is 5.24. The van der Waals surface area contributed by atoms with E-state index >= 15 is 0 Å². The van der Waals surface area contributed by atoms with E-state index in [1.165, 1.54) is 12.1 Å². The Morgan fingerprint density at radius 1 is 1.21 bits per heavy atom. The Kier molecular flexibility index (Phi) is 6.21. The highest BCUT2D eigenvalue weighted by atomic mass is 35.5. The van der Waals surface area contributed by atoms with E-state index in [2.05, 4.69) is 15.2 Å². The summed E-state index contributed by atoms with van der Waals surface area (Å²) in [5, 5.41) is 2.18. The lowest BCUT2D eigenvalue weighted by molar-refractivity contribution is -0.137. The molecule has 1 amide bonds. The summed E-state index contributed by atoms with van der Waals surface area (Å²) in [7, 11) is 0. The zero-order chi connectivity index (χ0) is 20.1. The van der Waals surface area contributed by atoms with E-state index in [-0.39, 0.29) is 5.56 Å². The van der Waals surface area contributed by atoms with E-state index in [0.29, 0.717) is 19.0 Å². The molecule has 2 heterocycles. The van der Waals surface area contributed by atoms with Gasteiger partial charge in [0.25, 0.3) is 0 Å². The van der Waals surface area contributed by atoms with Crippen molar-refractivity contribution in [1.29, 1.82) is 0 Å². The van der Waals surface area contributed by atoms with Crippen molar-refractivity contribution < 1.29 is 22.7 Å². The average molecular weight is 412 g/mol. The minimum atomic E-state index is -4.56. The number of morpholine rings is 1. The molecule has 9 heteroatoms. The van der Waals surface area contributed by atoms with Gasteiger partial charge in [0.1, 0.15) is 5.82 Å². The molecule has 0 unspecified atom stereocenters. The topological polar surface area (TPSA) is 54.5 Å². The van der Waals surface area contributed by atoms with Gasteiger partial charge in [-0.3, -0.25) is 4.79 Å². The van der Waals surface area contributed by atoms with E-state index in [4.69, 9.17) is 16.3 Å². The minimum absolute atomic E-state index is 0.211. The summed E-state index contributed by atoms with van der Waals surface area (Å²) < 4.78 is 43.9. The van der Waals surface area contributed by atoms with E-state index < -0.39 is 22.7 Å². The number of benzene rings is 1. The molecule has 1 saturated heterocycles. The van der Waals surface area contributed by atoms with Gasteiger partial charge < -0.3 is 15.0 Å². The second kappa shape index (κ2) is 8.62. The van der Waals surface area contributed by atoms with Crippen LogP contribution in [-0.2, 0) is 15.7 Å². The van der Waals surface area contributed by atoms with Crippen LogP contribution in [0.2, 0.25) is 5.02 Å². The number of ether oxygens (including phenoxy) is 1. The molecule has 148 valence electrons. The van der Waals surface area contributed by atoms with Gasteiger partial charge in [0, 0.05) is 19.2 Å². The monoisotopic (exact) mass is 411 g/mol. The Morgan fingerprint density at radius 2 is 1.96 bits per heavy atom. The van der Waals surface area contributed by atoms with Gasteiger partial charge in [0.15, 0.2) is 0 Å². The lowest BCUT2D eigenvalue weighted by Gasteiger charge is -2.28. The van der Waals surface area contributed by atoms with Gasteiger partial charge >= 0.3 is 6.18 Å². The molecule has 0 spiro atoms. The van der Waals surface area contributed by atoms with Crippen molar-refractivity contribution in [3.05, 3.63) is 58.8 Å². The van der Waals surface area contributed by atoms with Crippen molar-refractivity contribution in [3.8, 4) is 0 Å². The van der Waals surface area contributed by atoms with Crippen LogP contribution in [0.5, 0.6) is 0 Å². The number of nitrogens with one attached hydrogen (secondary N) is 1. The van der Waals surface area contributed by atoms with E-state index in [9.17, 15) is 18.0 Å². The Morgan fingerprint density at radius 3 is 2.61 bits per heavy atom. The van der Waals surface area contributed by atoms with Gasteiger partial charge in [-0.25, -0.2) is 4.98 Å². The number of rotatable bonds is 4. The van der Waals surface area contributed by atoms with Crippen molar-refractivity contribution >= 4 is 35.1 Å². The number of carbonyl (C=O) groups excluding carboxylic acids is 1. The van der Waals surface area contributed by atoms with Crippen molar-refractivity contribution in [2.24, 2.45) is 0 Å². The Balaban J connectivity index is 1.62. The normalized spacial score (nSPS) is 15.1. The number of amides is 1. The van der Waals surface area contributed by atoms with Crippen LogP contribution in [0.25, 0.3) is 6.08 Å². The van der Waals surface area contributed by atoms with E-state index in [0.717, 1.165) is 37.0 Å². The van der Waals surface area contributed by atoms with Crippen LogP contribution in [0.1, 0.15) is 11.1 Å². The zero-order valence-corrected chi connectivity index (χ0v) is 15.4. The van der Waals surface area contributed by atoms with Crippen LogP contribution in [0, 0.1) is 0 Å². The lowest BCUT2D eigenvalue weighted by Crippen LogP contribution is -2.36. The summed E-state index contributed by atoms with van der Waals surface area (Å²) >= 11 is 5.58. The standard InChI is InChI=1S/C19H17ClF3N3O2/c20-16-4-1-13(11-15(16)19(21,22)23)2-6-18(27)25-17-5-3-14(12-24-17)26-7-9-28-10-8-26/h1-6,11-12H,7-10H2,(H,24,25,27)/b6-2+. The molecule has 28 heavy (non-hydrogen) atoms. The van der Waals surface area contributed by atoms with E-state index in [1.807, 2.05) is 6.07 Å². The summed E-state index contributed by atoms with van der Waals surface area (Å²) in [6.45, 7) is 2.86. The smallest absolute Gasteiger partial charge is 0.378 e. The number of aromatic nitrogens is 1. The minimum Gasteiger partial charge on any atom is -0.378 e. The van der Waals surface area contributed by atoms with Crippen LogP contribution in [0.15, 0.2) is 42.6 Å². The van der Waals surface area contributed by atoms with Gasteiger partial charge in [-0.05, 0) is 35.9 Å². The quantitative estimate of drug-likeness (QED) is 0.764. The van der Waals surface area contributed by atoms with Crippen LogP contribution >= 0.6 is 11.6 Å². The molecule has 0 atom stereocenters. The number of alkyl halides is 3. The van der Waals surface area contributed by atoms with Crippen LogP contribution < -0.4 is 10.2 Å². The predicted molar refractivity (Wildman–Crippen MR) is 101 cm³/mol. The molecule has 0 aliphatic carbocycles. The molecule has 0 radical (unpaired) electrons. The predicted octanol–water partition coefficient (Wildman–Crippen LogP) is 4.24. The molecule has 1 N–H and O–H groups in total. The molecule has 3 rings (SSSR count). The Labute approximate surface area is 164 Å². The fraction of sp³-hybridized carbons (Fsp3) is 0.263.